The maximum Gasteiger partial charge on any atom is 0.214 e. The van der Waals surface area contributed by atoms with Crippen LogP contribution in [0.15, 0.2) is 47.1 Å². The van der Waals surface area contributed by atoms with Crippen LogP contribution < -0.4 is 5.73 Å². The lowest BCUT2D eigenvalue weighted by molar-refractivity contribution is 0.0933. The lowest BCUT2D eigenvalue weighted by atomic mass is 10.0. The van der Waals surface area contributed by atoms with Crippen LogP contribution >= 0.6 is 0 Å². The van der Waals surface area contributed by atoms with Crippen molar-refractivity contribution in [2.75, 3.05) is 0 Å². The van der Waals surface area contributed by atoms with E-state index in [9.17, 15) is 9.90 Å². The second kappa shape index (κ2) is 4.84. The number of para-hydroxylation sites is 1. The molecule has 17 heavy (non-hydrogen) atoms. The van der Waals surface area contributed by atoms with E-state index in [0.29, 0.717) is 5.56 Å². The molecule has 1 unspecified atom stereocenters. The lowest BCUT2D eigenvalue weighted by Crippen LogP contribution is -2.32. The van der Waals surface area contributed by atoms with Gasteiger partial charge in [-0.05, 0) is 30.2 Å². The van der Waals surface area contributed by atoms with Crippen molar-refractivity contribution in [3.05, 3.63) is 54.0 Å². The number of rotatable bonds is 4. The summed E-state index contributed by atoms with van der Waals surface area (Å²) in [5, 5.41) is 9.58. The highest BCUT2D eigenvalue weighted by atomic mass is 16.3. The van der Waals surface area contributed by atoms with E-state index in [2.05, 4.69) is 0 Å². The van der Waals surface area contributed by atoms with Gasteiger partial charge in [-0.3, -0.25) is 4.79 Å². The molecule has 0 radical (unpaired) electrons. The van der Waals surface area contributed by atoms with E-state index >= 15 is 0 Å². The number of benzene rings is 1. The summed E-state index contributed by atoms with van der Waals surface area (Å²) in [5.41, 5.74) is 6.44. The van der Waals surface area contributed by atoms with Crippen molar-refractivity contribution in [2.24, 2.45) is 5.73 Å². The summed E-state index contributed by atoms with van der Waals surface area (Å²) in [5.74, 6) is 0.126. The molecule has 88 valence electrons. The summed E-state index contributed by atoms with van der Waals surface area (Å²) in [6.07, 6.45) is 1.71. The molecule has 0 saturated heterocycles. The quantitative estimate of drug-likeness (QED) is 0.786. The predicted octanol–water partition coefficient (Wildman–Crippen LogP) is 1.74. The van der Waals surface area contributed by atoms with Gasteiger partial charge in [0.15, 0.2) is 5.76 Å². The Hall–Kier alpha value is -2.07. The Kier molecular flexibility index (Phi) is 3.25. The molecule has 0 amide bonds. The van der Waals surface area contributed by atoms with Gasteiger partial charge in [-0.2, -0.15) is 0 Å². The maximum absolute atomic E-state index is 11.8. The van der Waals surface area contributed by atoms with Crippen molar-refractivity contribution in [3.63, 3.8) is 0 Å². The molecular weight excluding hydrogens is 218 g/mol. The third-order valence-corrected chi connectivity index (χ3v) is 2.53. The first-order valence-electron chi connectivity index (χ1n) is 5.28. The number of carbonyl (C=O) groups excluding carboxylic acids is 1. The fourth-order valence-corrected chi connectivity index (χ4v) is 1.61. The zero-order chi connectivity index (χ0) is 12.3. The summed E-state index contributed by atoms with van der Waals surface area (Å²) >= 11 is 0. The van der Waals surface area contributed by atoms with Crippen LogP contribution in [0, 0.1) is 0 Å². The van der Waals surface area contributed by atoms with E-state index < -0.39 is 6.04 Å². The number of Topliss-reactive ketones (excluding diaryl/α,β-unsaturated/α-hetero) is 1. The molecule has 0 aliphatic heterocycles. The number of nitrogens with two attached hydrogens (primary N) is 1. The Bertz CT molecular complexity index is 505. The second-order valence-corrected chi connectivity index (χ2v) is 3.78. The van der Waals surface area contributed by atoms with E-state index in [1.54, 1.807) is 36.4 Å². The van der Waals surface area contributed by atoms with Gasteiger partial charge in [-0.15, -0.1) is 0 Å². The van der Waals surface area contributed by atoms with Crippen LogP contribution in [-0.2, 0) is 6.42 Å². The third-order valence-electron chi connectivity index (χ3n) is 2.53. The molecule has 2 rings (SSSR count). The van der Waals surface area contributed by atoms with Crippen molar-refractivity contribution in [2.45, 2.75) is 12.5 Å². The summed E-state index contributed by atoms with van der Waals surface area (Å²) < 4.78 is 4.99. The Balaban J connectivity index is 2.10. The minimum atomic E-state index is -0.713. The summed E-state index contributed by atoms with van der Waals surface area (Å²) in [4.78, 5) is 11.8. The molecule has 0 aliphatic carbocycles. The Morgan fingerprint density at radius 2 is 2.06 bits per heavy atom. The van der Waals surface area contributed by atoms with E-state index in [1.807, 2.05) is 0 Å². The fourth-order valence-electron chi connectivity index (χ4n) is 1.61. The summed E-state index contributed by atoms with van der Waals surface area (Å²) in [7, 11) is 0. The molecule has 0 spiro atoms. The van der Waals surface area contributed by atoms with Crippen molar-refractivity contribution in [1.82, 2.24) is 0 Å². The lowest BCUT2D eigenvalue weighted by Gasteiger charge is -2.10. The van der Waals surface area contributed by atoms with Gasteiger partial charge in [0.2, 0.25) is 5.78 Å². The van der Waals surface area contributed by atoms with E-state index in [1.165, 1.54) is 6.26 Å². The van der Waals surface area contributed by atoms with Crippen LogP contribution in [-0.4, -0.2) is 16.9 Å². The SMILES string of the molecule is NC(Cc1ccccc1O)C(=O)c1ccco1. The minimum absolute atomic E-state index is 0.148. The van der Waals surface area contributed by atoms with Crippen LogP contribution in [0.2, 0.25) is 0 Å². The van der Waals surface area contributed by atoms with Gasteiger partial charge in [0.1, 0.15) is 5.75 Å². The molecule has 0 bridgehead atoms. The van der Waals surface area contributed by atoms with Crippen molar-refractivity contribution in [3.8, 4) is 5.75 Å². The molecule has 0 aliphatic rings. The third kappa shape index (κ3) is 2.54. The number of carbonyl (C=O) groups is 1. The summed E-state index contributed by atoms with van der Waals surface area (Å²) in [6.45, 7) is 0. The fraction of sp³-hybridized carbons (Fsp3) is 0.154. The van der Waals surface area contributed by atoms with Gasteiger partial charge in [-0.1, -0.05) is 18.2 Å². The minimum Gasteiger partial charge on any atom is -0.508 e. The highest BCUT2D eigenvalue weighted by Gasteiger charge is 2.19. The van der Waals surface area contributed by atoms with Crippen molar-refractivity contribution < 1.29 is 14.3 Å². The smallest absolute Gasteiger partial charge is 0.214 e. The first-order valence-corrected chi connectivity index (χ1v) is 5.28. The first-order chi connectivity index (χ1) is 8.18. The highest BCUT2D eigenvalue weighted by Crippen LogP contribution is 2.18. The molecule has 1 aromatic carbocycles. The van der Waals surface area contributed by atoms with E-state index in [0.717, 1.165) is 0 Å². The van der Waals surface area contributed by atoms with E-state index in [4.69, 9.17) is 10.2 Å². The number of phenols is 1. The average molecular weight is 231 g/mol. The number of aromatic hydroxyl groups is 1. The Labute approximate surface area is 98.7 Å². The monoisotopic (exact) mass is 231 g/mol. The molecule has 4 heteroatoms. The van der Waals surface area contributed by atoms with Crippen LogP contribution in [0.4, 0.5) is 0 Å². The van der Waals surface area contributed by atoms with Gasteiger partial charge in [-0.25, -0.2) is 0 Å². The van der Waals surface area contributed by atoms with Crippen LogP contribution in [0.3, 0.4) is 0 Å². The molecule has 1 heterocycles. The number of hydrogen-bond donors (Lipinski definition) is 2. The zero-order valence-corrected chi connectivity index (χ0v) is 9.17. The normalized spacial score (nSPS) is 12.3. The molecule has 4 nitrogen and oxygen atoms in total. The topological polar surface area (TPSA) is 76.5 Å². The maximum atomic E-state index is 11.8. The van der Waals surface area contributed by atoms with Crippen molar-refractivity contribution in [1.29, 1.82) is 0 Å². The average Bonchev–Trinajstić information content (AvgIpc) is 2.84. The molecule has 1 atom stereocenters. The molecule has 0 fully saturated rings. The standard InChI is InChI=1S/C13H13NO3/c14-10(13(16)12-6-3-7-17-12)8-9-4-1-2-5-11(9)15/h1-7,10,15H,8,14H2. The van der Waals surface area contributed by atoms with Gasteiger partial charge < -0.3 is 15.3 Å². The van der Waals surface area contributed by atoms with Gasteiger partial charge in [0, 0.05) is 0 Å². The van der Waals surface area contributed by atoms with Crippen LogP contribution in [0.25, 0.3) is 0 Å². The zero-order valence-electron chi connectivity index (χ0n) is 9.17. The molecule has 3 N–H and O–H groups in total. The Morgan fingerprint density at radius 1 is 1.29 bits per heavy atom. The number of phenolic OH excluding ortho intramolecular Hbond substituents is 1. The first kappa shape index (κ1) is 11.4. The second-order valence-electron chi connectivity index (χ2n) is 3.78. The number of ketones is 1. The molecule has 0 saturated carbocycles. The van der Waals surface area contributed by atoms with Gasteiger partial charge in [0.25, 0.3) is 0 Å². The predicted molar refractivity (Wildman–Crippen MR) is 62.8 cm³/mol. The van der Waals surface area contributed by atoms with E-state index in [-0.39, 0.29) is 23.7 Å². The largest absolute Gasteiger partial charge is 0.508 e. The van der Waals surface area contributed by atoms with Gasteiger partial charge in [0.05, 0.1) is 12.3 Å². The molecular formula is C13H13NO3. The molecule has 2 aromatic rings. The number of hydrogen-bond acceptors (Lipinski definition) is 4. The highest BCUT2D eigenvalue weighted by molar-refractivity contribution is 5.97. The molecule has 1 aromatic heterocycles. The van der Waals surface area contributed by atoms with Crippen LogP contribution in [0.5, 0.6) is 5.75 Å². The van der Waals surface area contributed by atoms with Crippen LogP contribution in [0.1, 0.15) is 16.1 Å². The van der Waals surface area contributed by atoms with Crippen molar-refractivity contribution >= 4 is 5.78 Å². The number of furan rings is 1. The Morgan fingerprint density at radius 3 is 2.71 bits per heavy atom. The van der Waals surface area contributed by atoms with Gasteiger partial charge >= 0.3 is 0 Å². The summed E-state index contributed by atoms with van der Waals surface area (Å²) in [6, 6.07) is 9.32.